The lowest BCUT2D eigenvalue weighted by Crippen LogP contribution is -2.36. The standard InChI is InChI=1S/C18H25N3O2/c1-4-5-8-15(12-14-7-6-9-16(13-14)23-3)19-18(22)17-10-11-21(2)20-17/h6-7,9-11,13,15H,4-5,8,12H2,1-3H3,(H,19,22). The number of hydrogen-bond donors (Lipinski definition) is 1. The Bertz CT molecular complexity index is 637. The third-order valence-corrected chi connectivity index (χ3v) is 3.80. The number of carbonyl (C=O) groups excluding carboxylic acids is 1. The van der Waals surface area contributed by atoms with Gasteiger partial charge < -0.3 is 10.1 Å². The molecule has 1 aromatic carbocycles. The fourth-order valence-corrected chi connectivity index (χ4v) is 2.56. The third kappa shape index (κ3) is 5.13. The van der Waals surface area contributed by atoms with Crippen LogP contribution in [0.4, 0.5) is 0 Å². The number of nitrogens with zero attached hydrogens (tertiary/aromatic N) is 2. The number of amides is 1. The molecule has 1 atom stereocenters. The minimum absolute atomic E-state index is 0.0940. The predicted octanol–water partition coefficient (Wildman–Crippen LogP) is 2.96. The molecule has 1 aromatic heterocycles. The average Bonchev–Trinajstić information content (AvgIpc) is 2.99. The van der Waals surface area contributed by atoms with E-state index in [-0.39, 0.29) is 11.9 Å². The van der Waals surface area contributed by atoms with Crippen LogP contribution in [-0.4, -0.2) is 28.8 Å². The van der Waals surface area contributed by atoms with Gasteiger partial charge in [0, 0.05) is 19.3 Å². The lowest BCUT2D eigenvalue weighted by atomic mass is 10.0. The van der Waals surface area contributed by atoms with Crippen LogP contribution in [-0.2, 0) is 13.5 Å². The number of methoxy groups -OCH3 is 1. The summed E-state index contributed by atoms with van der Waals surface area (Å²) in [5.41, 5.74) is 1.62. The minimum atomic E-state index is -0.116. The highest BCUT2D eigenvalue weighted by atomic mass is 16.5. The molecule has 0 aliphatic heterocycles. The first kappa shape index (κ1) is 17.1. The molecule has 5 heteroatoms. The SMILES string of the molecule is CCCCC(Cc1cccc(OC)c1)NC(=O)c1ccn(C)n1. The number of carbonyl (C=O) groups is 1. The number of aromatic nitrogens is 2. The van der Waals surface area contributed by atoms with E-state index < -0.39 is 0 Å². The number of unbranched alkanes of at least 4 members (excludes halogenated alkanes) is 1. The normalized spacial score (nSPS) is 12.0. The monoisotopic (exact) mass is 315 g/mol. The molecule has 2 aromatic rings. The van der Waals surface area contributed by atoms with Crippen molar-refractivity contribution in [2.75, 3.05) is 7.11 Å². The van der Waals surface area contributed by atoms with Gasteiger partial charge in [0.05, 0.1) is 7.11 Å². The highest BCUT2D eigenvalue weighted by Crippen LogP contribution is 2.16. The molecule has 0 radical (unpaired) electrons. The maximum absolute atomic E-state index is 12.3. The van der Waals surface area contributed by atoms with Gasteiger partial charge in [0.15, 0.2) is 0 Å². The van der Waals surface area contributed by atoms with Gasteiger partial charge >= 0.3 is 0 Å². The highest BCUT2D eigenvalue weighted by molar-refractivity contribution is 5.92. The predicted molar refractivity (Wildman–Crippen MR) is 90.7 cm³/mol. The van der Waals surface area contributed by atoms with Gasteiger partial charge in [0.25, 0.3) is 5.91 Å². The van der Waals surface area contributed by atoms with Crippen molar-refractivity contribution in [3.8, 4) is 5.75 Å². The molecule has 1 N–H and O–H groups in total. The Morgan fingerprint density at radius 1 is 1.39 bits per heavy atom. The quantitative estimate of drug-likeness (QED) is 0.815. The van der Waals surface area contributed by atoms with Gasteiger partial charge in [-0.15, -0.1) is 0 Å². The maximum atomic E-state index is 12.3. The number of nitrogens with one attached hydrogen (secondary N) is 1. The maximum Gasteiger partial charge on any atom is 0.272 e. The van der Waals surface area contributed by atoms with Crippen molar-refractivity contribution >= 4 is 5.91 Å². The van der Waals surface area contributed by atoms with Gasteiger partial charge in [-0.3, -0.25) is 9.48 Å². The molecule has 0 aliphatic carbocycles. The molecule has 0 spiro atoms. The van der Waals surface area contributed by atoms with E-state index in [0.717, 1.165) is 37.0 Å². The summed E-state index contributed by atoms with van der Waals surface area (Å²) in [5, 5.41) is 7.27. The summed E-state index contributed by atoms with van der Waals surface area (Å²) in [6, 6.07) is 9.82. The van der Waals surface area contributed by atoms with Gasteiger partial charge in [-0.1, -0.05) is 31.9 Å². The smallest absolute Gasteiger partial charge is 0.272 e. The fraction of sp³-hybridized carbons (Fsp3) is 0.444. The summed E-state index contributed by atoms with van der Waals surface area (Å²) in [6.45, 7) is 2.16. The Labute approximate surface area is 137 Å². The van der Waals surface area contributed by atoms with E-state index in [1.807, 2.05) is 25.2 Å². The summed E-state index contributed by atoms with van der Waals surface area (Å²) in [7, 11) is 3.47. The minimum Gasteiger partial charge on any atom is -0.497 e. The molecule has 1 amide bonds. The molecular weight excluding hydrogens is 290 g/mol. The van der Waals surface area contributed by atoms with Crippen molar-refractivity contribution in [2.24, 2.45) is 7.05 Å². The number of benzene rings is 1. The van der Waals surface area contributed by atoms with Crippen LogP contribution in [0.15, 0.2) is 36.5 Å². The van der Waals surface area contributed by atoms with Crippen LogP contribution in [0.25, 0.3) is 0 Å². The van der Waals surface area contributed by atoms with E-state index in [4.69, 9.17) is 4.74 Å². The first-order valence-corrected chi connectivity index (χ1v) is 8.05. The molecule has 5 nitrogen and oxygen atoms in total. The summed E-state index contributed by atoms with van der Waals surface area (Å²) in [4.78, 5) is 12.3. The van der Waals surface area contributed by atoms with Gasteiger partial charge in [-0.05, 0) is 36.6 Å². The van der Waals surface area contributed by atoms with Crippen LogP contribution >= 0.6 is 0 Å². The molecule has 0 saturated heterocycles. The van der Waals surface area contributed by atoms with Crippen molar-refractivity contribution < 1.29 is 9.53 Å². The van der Waals surface area contributed by atoms with Gasteiger partial charge in [0.1, 0.15) is 11.4 Å². The average molecular weight is 315 g/mol. The molecule has 23 heavy (non-hydrogen) atoms. The molecule has 0 fully saturated rings. The summed E-state index contributed by atoms with van der Waals surface area (Å²) < 4.78 is 6.91. The first-order valence-electron chi connectivity index (χ1n) is 8.05. The van der Waals surface area contributed by atoms with E-state index in [0.29, 0.717) is 5.69 Å². The van der Waals surface area contributed by atoms with Crippen LogP contribution < -0.4 is 10.1 Å². The Morgan fingerprint density at radius 3 is 2.87 bits per heavy atom. The fourth-order valence-electron chi connectivity index (χ4n) is 2.56. The van der Waals surface area contributed by atoms with Crippen molar-refractivity contribution in [3.63, 3.8) is 0 Å². The van der Waals surface area contributed by atoms with Crippen LogP contribution in [0.5, 0.6) is 5.75 Å². The molecule has 0 bridgehead atoms. The zero-order valence-corrected chi connectivity index (χ0v) is 14.1. The Hall–Kier alpha value is -2.30. The van der Waals surface area contributed by atoms with E-state index in [1.54, 1.807) is 24.1 Å². The largest absolute Gasteiger partial charge is 0.497 e. The van der Waals surface area contributed by atoms with Crippen LogP contribution in [0, 0.1) is 0 Å². The molecule has 1 heterocycles. The lowest BCUT2D eigenvalue weighted by Gasteiger charge is -2.18. The number of hydrogen-bond acceptors (Lipinski definition) is 3. The van der Waals surface area contributed by atoms with Crippen molar-refractivity contribution in [3.05, 3.63) is 47.8 Å². The molecule has 0 aliphatic rings. The van der Waals surface area contributed by atoms with E-state index in [1.165, 1.54) is 0 Å². The molecule has 124 valence electrons. The topological polar surface area (TPSA) is 56.1 Å². The summed E-state index contributed by atoms with van der Waals surface area (Å²) in [5.74, 6) is 0.724. The Morgan fingerprint density at radius 2 is 2.22 bits per heavy atom. The first-order chi connectivity index (χ1) is 11.1. The second kappa shape index (κ2) is 8.36. The number of rotatable bonds is 8. The molecule has 1 unspecified atom stereocenters. The van der Waals surface area contributed by atoms with E-state index in [9.17, 15) is 4.79 Å². The van der Waals surface area contributed by atoms with Gasteiger partial charge in [-0.25, -0.2) is 0 Å². The van der Waals surface area contributed by atoms with Crippen molar-refractivity contribution in [1.82, 2.24) is 15.1 Å². The van der Waals surface area contributed by atoms with Crippen molar-refractivity contribution in [1.29, 1.82) is 0 Å². The van der Waals surface area contributed by atoms with Crippen LogP contribution in [0.2, 0.25) is 0 Å². The number of aryl methyl sites for hydroxylation is 1. The second-order valence-corrected chi connectivity index (χ2v) is 5.74. The van der Waals surface area contributed by atoms with Crippen LogP contribution in [0.3, 0.4) is 0 Å². The second-order valence-electron chi connectivity index (χ2n) is 5.74. The van der Waals surface area contributed by atoms with E-state index in [2.05, 4.69) is 23.4 Å². The lowest BCUT2D eigenvalue weighted by molar-refractivity contribution is 0.0928. The van der Waals surface area contributed by atoms with Crippen LogP contribution in [0.1, 0.15) is 42.2 Å². The zero-order valence-electron chi connectivity index (χ0n) is 14.1. The third-order valence-electron chi connectivity index (χ3n) is 3.80. The Kier molecular flexibility index (Phi) is 6.20. The van der Waals surface area contributed by atoms with Gasteiger partial charge in [-0.2, -0.15) is 5.10 Å². The number of ether oxygens (including phenoxy) is 1. The summed E-state index contributed by atoms with van der Waals surface area (Å²) >= 11 is 0. The molecular formula is C18H25N3O2. The Balaban J connectivity index is 2.05. The molecule has 2 rings (SSSR count). The molecule has 0 saturated carbocycles. The van der Waals surface area contributed by atoms with Gasteiger partial charge in [0.2, 0.25) is 0 Å². The zero-order chi connectivity index (χ0) is 16.7. The van der Waals surface area contributed by atoms with E-state index >= 15 is 0 Å². The van der Waals surface area contributed by atoms with Crippen molar-refractivity contribution in [2.45, 2.75) is 38.6 Å². The summed E-state index contributed by atoms with van der Waals surface area (Å²) in [6.07, 6.45) is 5.70. The highest BCUT2D eigenvalue weighted by Gasteiger charge is 2.16.